The molecule has 0 unspecified atom stereocenters. The topological polar surface area (TPSA) is 81.5 Å². The molecule has 118 valence electrons. The Morgan fingerprint density at radius 1 is 1.30 bits per heavy atom. The highest BCUT2D eigenvalue weighted by Gasteiger charge is 2.14. The molecule has 0 fully saturated rings. The van der Waals surface area contributed by atoms with Gasteiger partial charge in [-0.1, -0.05) is 28.1 Å². The number of hydrogen-bond acceptors (Lipinski definition) is 4. The van der Waals surface area contributed by atoms with Gasteiger partial charge in [0.2, 0.25) is 5.91 Å². The quantitative estimate of drug-likeness (QED) is 0.485. The summed E-state index contributed by atoms with van der Waals surface area (Å²) in [5.41, 5.74) is 1.03. The highest BCUT2D eigenvalue weighted by atomic mass is 79.9. The average molecular weight is 377 g/mol. The number of rotatable bonds is 5. The molecule has 2 rings (SSSR count). The van der Waals surface area contributed by atoms with Crippen LogP contribution >= 0.6 is 15.9 Å². The van der Waals surface area contributed by atoms with Gasteiger partial charge in [0.05, 0.1) is 12.0 Å². The molecule has 0 aromatic heterocycles. The molecule has 1 amide bonds. The van der Waals surface area contributed by atoms with Crippen LogP contribution in [0.1, 0.15) is 5.56 Å². The molecule has 0 saturated heterocycles. The maximum atomic E-state index is 11.9. The van der Waals surface area contributed by atoms with E-state index in [1.54, 1.807) is 24.3 Å². The van der Waals surface area contributed by atoms with Gasteiger partial charge in [0.15, 0.2) is 5.75 Å². The first-order valence-electron chi connectivity index (χ1n) is 6.56. The molecule has 2 aromatic rings. The number of anilines is 1. The normalized spacial score (nSPS) is 10.5. The molecule has 0 aliphatic carbocycles. The Morgan fingerprint density at radius 3 is 2.74 bits per heavy atom. The molecule has 0 spiro atoms. The minimum Gasteiger partial charge on any atom is -0.490 e. The van der Waals surface area contributed by atoms with Crippen LogP contribution in [0.25, 0.3) is 6.08 Å². The van der Waals surface area contributed by atoms with Crippen molar-refractivity contribution in [1.29, 1.82) is 0 Å². The van der Waals surface area contributed by atoms with E-state index in [9.17, 15) is 14.9 Å². The van der Waals surface area contributed by atoms with Crippen LogP contribution in [0.4, 0.5) is 11.4 Å². The van der Waals surface area contributed by atoms with E-state index in [2.05, 4.69) is 21.2 Å². The molecular formula is C16H13BrN2O4. The largest absolute Gasteiger partial charge is 0.490 e. The Hall–Kier alpha value is -2.67. The van der Waals surface area contributed by atoms with Crippen molar-refractivity contribution in [3.05, 3.63) is 68.7 Å². The SMILES string of the molecule is COc1ccc(/C=C/C(=O)Nc2cccc(Br)c2)cc1[N+](=O)[O-]. The maximum absolute atomic E-state index is 11.9. The molecule has 0 aliphatic rings. The monoisotopic (exact) mass is 376 g/mol. The van der Waals surface area contributed by atoms with Crippen molar-refractivity contribution in [3.63, 3.8) is 0 Å². The van der Waals surface area contributed by atoms with Gasteiger partial charge in [-0.05, 0) is 35.9 Å². The highest BCUT2D eigenvalue weighted by Crippen LogP contribution is 2.27. The van der Waals surface area contributed by atoms with Gasteiger partial charge in [0, 0.05) is 22.3 Å². The lowest BCUT2D eigenvalue weighted by Gasteiger charge is -2.03. The summed E-state index contributed by atoms with van der Waals surface area (Å²) in [4.78, 5) is 22.3. The number of halogens is 1. The van der Waals surface area contributed by atoms with Gasteiger partial charge in [0.25, 0.3) is 0 Å². The van der Waals surface area contributed by atoms with Gasteiger partial charge in [-0.2, -0.15) is 0 Å². The zero-order chi connectivity index (χ0) is 16.8. The predicted molar refractivity (Wildman–Crippen MR) is 91.5 cm³/mol. The highest BCUT2D eigenvalue weighted by molar-refractivity contribution is 9.10. The zero-order valence-electron chi connectivity index (χ0n) is 12.2. The van der Waals surface area contributed by atoms with E-state index in [1.807, 2.05) is 6.07 Å². The van der Waals surface area contributed by atoms with Crippen LogP contribution in [0.15, 0.2) is 53.0 Å². The summed E-state index contributed by atoms with van der Waals surface area (Å²) in [6.07, 6.45) is 2.81. The summed E-state index contributed by atoms with van der Waals surface area (Å²) in [6, 6.07) is 11.7. The number of methoxy groups -OCH3 is 1. The molecule has 0 saturated carbocycles. The van der Waals surface area contributed by atoms with E-state index in [1.165, 1.54) is 31.4 Å². The molecule has 0 atom stereocenters. The number of hydrogen-bond donors (Lipinski definition) is 1. The second kappa shape index (κ2) is 7.55. The van der Waals surface area contributed by atoms with Crippen LogP contribution in [0.5, 0.6) is 5.75 Å². The lowest BCUT2D eigenvalue weighted by atomic mass is 10.1. The summed E-state index contributed by atoms with van der Waals surface area (Å²) in [5, 5.41) is 13.7. The molecule has 23 heavy (non-hydrogen) atoms. The summed E-state index contributed by atoms with van der Waals surface area (Å²) in [6.45, 7) is 0. The standard InChI is InChI=1S/C16H13BrN2O4/c1-23-15-7-5-11(9-14(15)19(21)22)6-8-16(20)18-13-4-2-3-12(17)10-13/h2-10H,1H3,(H,18,20)/b8-6+. The lowest BCUT2D eigenvalue weighted by Crippen LogP contribution is -2.07. The van der Waals surface area contributed by atoms with Crippen molar-refractivity contribution >= 4 is 39.3 Å². The fraction of sp³-hybridized carbons (Fsp3) is 0.0625. The van der Waals surface area contributed by atoms with Gasteiger partial charge < -0.3 is 10.1 Å². The number of carbonyl (C=O) groups is 1. The van der Waals surface area contributed by atoms with Gasteiger partial charge in [0.1, 0.15) is 0 Å². The number of nitro groups is 1. The van der Waals surface area contributed by atoms with E-state index < -0.39 is 4.92 Å². The van der Waals surface area contributed by atoms with Crippen molar-refractivity contribution in [2.24, 2.45) is 0 Å². The summed E-state index contributed by atoms with van der Waals surface area (Å²) < 4.78 is 5.78. The van der Waals surface area contributed by atoms with Crippen LogP contribution in [-0.4, -0.2) is 17.9 Å². The fourth-order valence-corrected chi connectivity index (χ4v) is 2.27. The average Bonchev–Trinajstić information content (AvgIpc) is 2.52. The van der Waals surface area contributed by atoms with Crippen LogP contribution in [0.2, 0.25) is 0 Å². The zero-order valence-corrected chi connectivity index (χ0v) is 13.7. The molecule has 0 aliphatic heterocycles. The Kier molecular flexibility index (Phi) is 5.48. The van der Waals surface area contributed by atoms with Crippen LogP contribution < -0.4 is 10.1 Å². The molecular weight excluding hydrogens is 364 g/mol. The van der Waals surface area contributed by atoms with E-state index in [0.29, 0.717) is 11.3 Å². The van der Waals surface area contributed by atoms with Crippen molar-refractivity contribution in [2.45, 2.75) is 0 Å². The minimum absolute atomic E-state index is 0.151. The molecule has 0 radical (unpaired) electrons. The molecule has 6 nitrogen and oxygen atoms in total. The van der Waals surface area contributed by atoms with Crippen LogP contribution in [0.3, 0.4) is 0 Å². The van der Waals surface area contributed by atoms with Crippen LogP contribution in [0, 0.1) is 10.1 Å². The number of benzene rings is 2. The van der Waals surface area contributed by atoms with E-state index in [0.717, 1.165) is 4.47 Å². The van der Waals surface area contributed by atoms with Gasteiger partial charge in [-0.15, -0.1) is 0 Å². The van der Waals surface area contributed by atoms with Crippen molar-refractivity contribution in [1.82, 2.24) is 0 Å². The van der Waals surface area contributed by atoms with Crippen molar-refractivity contribution in [3.8, 4) is 5.75 Å². The third-order valence-electron chi connectivity index (χ3n) is 2.92. The maximum Gasteiger partial charge on any atom is 0.311 e. The van der Waals surface area contributed by atoms with Crippen molar-refractivity contribution < 1.29 is 14.5 Å². The van der Waals surface area contributed by atoms with Gasteiger partial charge in [-0.25, -0.2) is 0 Å². The number of nitrogens with zero attached hydrogens (tertiary/aromatic N) is 1. The van der Waals surface area contributed by atoms with E-state index in [4.69, 9.17) is 4.74 Å². The summed E-state index contributed by atoms with van der Waals surface area (Å²) >= 11 is 3.32. The molecule has 0 bridgehead atoms. The summed E-state index contributed by atoms with van der Waals surface area (Å²) in [7, 11) is 1.36. The third-order valence-corrected chi connectivity index (χ3v) is 3.41. The number of carbonyl (C=O) groups excluding carboxylic acids is 1. The smallest absolute Gasteiger partial charge is 0.311 e. The Bertz CT molecular complexity index is 774. The third kappa shape index (κ3) is 4.65. The summed E-state index contributed by atoms with van der Waals surface area (Å²) in [5.74, 6) is -0.160. The Balaban J connectivity index is 2.12. The molecule has 2 aromatic carbocycles. The lowest BCUT2D eigenvalue weighted by molar-refractivity contribution is -0.385. The number of nitro benzene ring substituents is 1. The molecule has 1 N–H and O–H groups in total. The number of amides is 1. The van der Waals surface area contributed by atoms with Crippen molar-refractivity contribution in [2.75, 3.05) is 12.4 Å². The fourth-order valence-electron chi connectivity index (χ4n) is 1.88. The minimum atomic E-state index is -0.530. The first-order chi connectivity index (χ1) is 11.0. The molecule has 0 heterocycles. The molecule has 7 heteroatoms. The van der Waals surface area contributed by atoms with Crippen LogP contribution in [-0.2, 0) is 4.79 Å². The second-order valence-electron chi connectivity index (χ2n) is 4.52. The number of ether oxygens (including phenoxy) is 1. The number of nitrogens with one attached hydrogen (secondary N) is 1. The van der Waals surface area contributed by atoms with Gasteiger partial charge in [-0.3, -0.25) is 14.9 Å². The van der Waals surface area contributed by atoms with E-state index >= 15 is 0 Å². The Morgan fingerprint density at radius 2 is 2.09 bits per heavy atom. The predicted octanol–water partition coefficient (Wildman–Crippen LogP) is 4.02. The van der Waals surface area contributed by atoms with Gasteiger partial charge >= 0.3 is 5.69 Å². The van der Waals surface area contributed by atoms with E-state index in [-0.39, 0.29) is 17.3 Å². The first kappa shape index (κ1) is 16.7. The first-order valence-corrected chi connectivity index (χ1v) is 7.36. The Labute approximate surface area is 141 Å². The second-order valence-corrected chi connectivity index (χ2v) is 5.44.